The number of nitrogens with two attached hydrogens (primary N) is 1. The summed E-state index contributed by atoms with van der Waals surface area (Å²) < 4.78 is 53.5. The number of rotatable bonds is 4. The number of alkyl halides is 3. The molecule has 15 heteroatoms. The standard InChI is InChI=1S/C28H22F4N10.ClH/c29-21-11-23-22(34-7-8-35-23)10-20(21)27-36-6-5-25(40-27)39-26-12-24(41-9-1-2-19(33)16-41)18(14-37-26)4-3-17-13-38-42(15-17)28(30,31)32;/h5-8,10-15,19H,1-2,9,16,33H2,(H,36,37,39,40);1H/t19-;/m0./s1. The van der Waals surface area contributed by atoms with Gasteiger partial charge in [-0.3, -0.25) is 9.97 Å². The number of piperidine rings is 1. The minimum absolute atomic E-state index is 0. The maximum absolute atomic E-state index is 14.9. The van der Waals surface area contributed by atoms with Crippen LogP contribution in [-0.2, 0) is 6.30 Å². The van der Waals surface area contributed by atoms with E-state index in [4.69, 9.17) is 5.73 Å². The van der Waals surface area contributed by atoms with Crippen LogP contribution in [0.25, 0.3) is 22.4 Å². The largest absolute Gasteiger partial charge is 0.504 e. The lowest BCUT2D eigenvalue weighted by Crippen LogP contribution is -2.43. The summed E-state index contributed by atoms with van der Waals surface area (Å²) >= 11 is 0. The van der Waals surface area contributed by atoms with Crippen LogP contribution in [0.5, 0.6) is 0 Å². The van der Waals surface area contributed by atoms with Crippen molar-refractivity contribution in [3.63, 3.8) is 0 Å². The topological polar surface area (TPSA) is 124 Å². The summed E-state index contributed by atoms with van der Waals surface area (Å²) in [6.45, 7) is 1.30. The van der Waals surface area contributed by atoms with Gasteiger partial charge in [-0.15, -0.1) is 25.6 Å². The number of hydrogen-bond donors (Lipinski definition) is 2. The molecule has 3 N–H and O–H groups in total. The third-order valence-electron chi connectivity index (χ3n) is 6.58. The molecule has 0 radical (unpaired) electrons. The minimum atomic E-state index is -4.63. The molecule has 0 spiro atoms. The van der Waals surface area contributed by atoms with Gasteiger partial charge in [-0.25, -0.2) is 19.3 Å². The Hall–Kier alpha value is -4.87. The molecule has 1 atom stereocenters. The number of benzene rings is 1. The highest BCUT2D eigenvalue weighted by Gasteiger charge is 2.31. The van der Waals surface area contributed by atoms with Crippen molar-refractivity contribution >= 4 is 40.8 Å². The molecule has 10 nitrogen and oxygen atoms in total. The number of nitrogens with zero attached hydrogens (tertiary/aromatic N) is 8. The summed E-state index contributed by atoms with van der Waals surface area (Å²) in [6.07, 6.45) is 5.03. The average Bonchev–Trinajstić information content (AvgIpc) is 3.46. The van der Waals surface area contributed by atoms with Gasteiger partial charge in [0.1, 0.15) is 17.5 Å². The van der Waals surface area contributed by atoms with Crippen LogP contribution < -0.4 is 16.0 Å². The van der Waals surface area contributed by atoms with E-state index in [-0.39, 0.29) is 40.1 Å². The third-order valence-corrected chi connectivity index (χ3v) is 6.58. The first-order valence-corrected chi connectivity index (χ1v) is 12.9. The molecule has 6 rings (SSSR count). The summed E-state index contributed by atoms with van der Waals surface area (Å²) in [6, 6.07) is 6.17. The average molecular weight is 611 g/mol. The smallest absolute Gasteiger partial charge is 0.369 e. The lowest BCUT2D eigenvalue weighted by Gasteiger charge is -2.33. The summed E-state index contributed by atoms with van der Waals surface area (Å²) in [7, 11) is 0. The van der Waals surface area contributed by atoms with E-state index in [0.29, 0.717) is 40.5 Å². The number of hydrogen-bond acceptors (Lipinski definition) is 9. The SMILES string of the molecule is Cl.N[C@H]1CCCN(c2cc(Nc3ccnc(-c4cc5nccnc5cc4F)n3)ncc2C#Cc2cnn(C(F)(F)F)c2)C1. The number of anilines is 3. The Balaban J connectivity index is 0.00000368. The second-order valence-electron chi connectivity index (χ2n) is 9.59. The van der Waals surface area contributed by atoms with E-state index in [1.54, 1.807) is 18.2 Å². The minimum Gasteiger partial charge on any atom is -0.369 e. The molecular formula is C28H23ClF4N10. The first kappa shape index (κ1) is 29.6. The molecule has 220 valence electrons. The predicted octanol–water partition coefficient (Wildman–Crippen LogP) is 4.79. The first-order chi connectivity index (χ1) is 20.2. The van der Waals surface area contributed by atoms with Crippen molar-refractivity contribution in [3.05, 3.63) is 78.4 Å². The van der Waals surface area contributed by atoms with Gasteiger partial charge in [-0.2, -0.15) is 9.78 Å². The van der Waals surface area contributed by atoms with Crippen molar-refractivity contribution in [2.24, 2.45) is 5.73 Å². The van der Waals surface area contributed by atoms with Gasteiger partial charge in [0, 0.05) is 62.2 Å². The molecule has 1 aliphatic heterocycles. The molecule has 1 saturated heterocycles. The molecule has 1 aliphatic rings. The highest BCUT2D eigenvalue weighted by molar-refractivity contribution is 5.85. The summed E-state index contributed by atoms with van der Waals surface area (Å²) in [4.78, 5) is 23.5. The zero-order valence-electron chi connectivity index (χ0n) is 22.3. The fraction of sp³-hybridized carbons (Fsp3) is 0.214. The first-order valence-electron chi connectivity index (χ1n) is 12.9. The van der Waals surface area contributed by atoms with Crippen LogP contribution in [-0.4, -0.2) is 53.8 Å². The van der Waals surface area contributed by atoms with E-state index in [9.17, 15) is 17.6 Å². The zero-order valence-corrected chi connectivity index (χ0v) is 23.1. The summed E-state index contributed by atoms with van der Waals surface area (Å²) in [5, 5.41) is 6.45. The van der Waals surface area contributed by atoms with Gasteiger partial charge < -0.3 is 16.0 Å². The van der Waals surface area contributed by atoms with Gasteiger partial charge in [-0.05, 0) is 25.0 Å². The number of aromatic nitrogens is 7. The fourth-order valence-electron chi connectivity index (χ4n) is 4.61. The second kappa shape index (κ2) is 12.2. The molecule has 0 aliphatic carbocycles. The lowest BCUT2D eigenvalue weighted by molar-refractivity contribution is -0.212. The number of fused-ring (bicyclic) bond motifs is 1. The van der Waals surface area contributed by atoms with Gasteiger partial charge in [0.25, 0.3) is 0 Å². The van der Waals surface area contributed by atoms with Crippen LogP contribution in [0.4, 0.5) is 34.9 Å². The van der Waals surface area contributed by atoms with Crippen molar-refractivity contribution in [2.45, 2.75) is 25.2 Å². The van der Waals surface area contributed by atoms with Crippen LogP contribution in [0.3, 0.4) is 0 Å². The Morgan fingerprint density at radius 1 is 0.953 bits per heavy atom. The van der Waals surface area contributed by atoms with Gasteiger partial charge >= 0.3 is 6.30 Å². The monoisotopic (exact) mass is 610 g/mol. The molecule has 1 aromatic carbocycles. The van der Waals surface area contributed by atoms with Crippen molar-refractivity contribution < 1.29 is 17.6 Å². The normalized spacial score (nSPS) is 15.0. The van der Waals surface area contributed by atoms with Crippen LogP contribution in [0.15, 0.2) is 61.4 Å². The van der Waals surface area contributed by atoms with Crippen LogP contribution >= 0.6 is 12.4 Å². The quantitative estimate of drug-likeness (QED) is 0.218. The van der Waals surface area contributed by atoms with E-state index in [1.807, 2.05) is 0 Å². The van der Waals surface area contributed by atoms with Gasteiger partial charge in [0.2, 0.25) is 0 Å². The van der Waals surface area contributed by atoms with E-state index >= 15 is 0 Å². The Bertz CT molecular complexity index is 1830. The van der Waals surface area contributed by atoms with Crippen molar-refractivity contribution in [1.29, 1.82) is 0 Å². The van der Waals surface area contributed by atoms with Gasteiger partial charge in [0.05, 0.1) is 39.6 Å². The molecular weight excluding hydrogens is 588 g/mol. The Morgan fingerprint density at radius 3 is 2.49 bits per heavy atom. The molecule has 5 aromatic rings. The maximum atomic E-state index is 14.9. The number of halogens is 5. The maximum Gasteiger partial charge on any atom is 0.504 e. The highest BCUT2D eigenvalue weighted by atomic mass is 35.5. The zero-order chi connectivity index (χ0) is 29.3. The second-order valence-corrected chi connectivity index (χ2v) is 9.59. The van der Waals surface area contributed by atoms with Crippen LogP contribution in [0, 0.1) is 17.7 Å². The van der Waals surface area contributed by atoms with E-state index in [2.05, 4.69) is 52.1 Å². The Kier molecular flexibility index (Phi) is 8.38. The summed E-state index contributed by atoms with van der Waals surface area (Å²) in [5.41, 5.74) is 8.64. The van der Waals surface area contributed by atoms with Crippen molar-refractivity contribution in [2.75, 3.05) is 23.3 Å². The molecule has 4 aromatic heterocycles. The molecule has 0 saturated carbocycles. The summed E-state index contributed by atoms with van der Waals surface area (Å²) in [5.74, 6) is 6.07. The van der Waals surface area contributed by atoms with E-state index in [0.717, 1.165) is 31.8 Å². The van der Waals surface area contributed by atoms with Gasteiger partial charge in [0.15, 0.2) is 5.82 Å². The number of pyridine rings is 1. The molecule has 43 heavy (non-hydrogen) atoms. The Labute approximate surface area is 248 Å². The molecule has 0 amide bonds. The molecule has 0 unspecified atom stereocenters. The Morgan fingerprint density at radius 2 is 1.74 bits per heavy atom. The van der Waals surface area contributed by atoms with E-state index in [1.165, 1.54) is 30.9 Å². The molecule has 1 fully saturated rings. The molecule has 0 bridgehead atoms. The van der Waals surface area contributed by atoms with E-state index < -0.39 is 12.1 Å². The number of nitrogens with one attached hydrogen (secondary N) is 1. The van der Waals surface area contributed by atoms with Crippen LogP contribution in [0.2, 0.25) is 0 Å². The highest BCUT2D eigenvalue weighted by Crippen LogP contribution is 2.29. The molecule has 5 heterocycles. The fourth-order valence-corrected chi connectivity index (χ4v) is 4.61. The van der Waals surface area contributed by atoms with Crippen molar-refractivity contribution in [3.8, 4) is 23.2 Å². The van der Waals surface area contributed by atoms with Crippen molar-refractivity contribution in [1.82, 2.24) is 34.7 Å². The predicted molar refractivity (Wildman–Crippen MR) is 154 cm³/mol. The van der Waals surface area contributed by atoms with Crippen LogP contribution in [0.1, 0.15) is 24.0 Å². The van der Waals surface area contributed by atoms with Gasteiger partial charge in [-0.1, -0.05) is 11.8 Å². The lowest BCUT2D eigenvalue weighted by atomic mass is 10.0. The third kappa shape index (κ3) is 6.63.